The van der Waals surface area contributed by atoms with Crippen molar-refractivity contribution in [2.24, 2.45) is 11.8 Å². The van der Waals surface area contributed by atoms with Gasteiger partial charge >= 0.3 is 0 Å². The van der Waals surface area contributed by atoms with Crippen molar-refractivity contribution in [1.82, 2.24) is 14.9 Å². The predicted molar refractivity (Wildman–Crippen MR) is 167 cm³/mol. The largest absolute Gasteiger partial charge is 0.497 e. The molecule has 1 aliphatic rings. The van der Waals surface area contributed by atoms with E-state index in [1.54, 1.807) is 35.9 Å². The van der Waals surface area contributed by atoms with Crippen molar-refractivity contribution in [2.45, 2.75) is 43.9 Å². The number of carbonyl (C=O) groups is 2. The second kappa shape index (κ2) is 13.9. The van der Waals surface area contributed by atoms with Gasteiger partial charge in [0, 0.05) is 35.8 Å². The van der Waals surface area contributed by atoms with Gasteiger partial charge in [-0.15, -0.1) is 0 Å². The molecule has 218 valence electrons. The Morgan fingerprint density at radius 1 is 1.02 bits per heavy atom. The number of ether oxygens (including phenoxy) is 1. The third-order valence-electron chi connectivity index (χ3n) is 7.58. The lowest BCUT2D eigenvalue weighted by Crippen LogP contribution is -2.34. The molecule has 0 aliphatic heterocycles. The number of carbonyl (C=O) groups excluding carboxylic acids is 2. The highest BCUT2D eigenvalue weighted by Crippen LogP contribution is 2.31. The van der Waals surface area contributed by atoms with Crippen LogP contribution in [0.25, 0.3) is 10.9 Å². The second-order valence-corrected chi connectivity index (χ2v) is 11.8. The van der Waals surface area contributed by atoms with Gasteiger partial charge in [0.15, 0.2) is 5.16 Å². The first-order chi connectivity index (χ1) is 20.4. The van der Waals surface area contributed by atoms with Crippen molar-refractivity contribution in [3.8, 4) is 5.75 Å². The topological polar surface area (TPSA) is 102 Å². The number of benzene rings is 3. The molecule has 0 bridgehead atoms. The molecule has 1 heterocycles. The van der Waals surface area contributed by atoms with Crippen LogP contribution in [0.2, 0.25) is 5.02 Å². The fourth-order valence-corrected chi connectivity index (χ4v) is 6.29. The quantitative estimate of drug-likeness (QED) is 0.172. The highest BCUT2D eigenvalue weighted by molar-refractivity contribution is 7.99. The standard InChI is InChI=1S/C32H33ClN4O4S/c1-41-25-9-6-8-24(17-25)35-29(38)20-42-32-36-28-12-5-3-10-26(28)31(40)37(32)19-21-13-15-22(16-14-21)30(39)34-18-23-7-2-4-11-27(23)33/h2-12,17,21-22H,13-16,18-20H2,1H3,(H,34,39)(H,35,38). The molecule has 1 fully saturated rings. The molecule has 0 saturated heterocycles. The highest BCUT2D eigenvalue weighted by atomic mass is 35.5. The Hall–Kier alpha value is -3.82. The Morgan fingerprint density at radius 2 is 1.79 bits per heavy atom. The van der Waals surface area contributed by atoms with Crippen LogP contribution in [0.5, 0.6) is 5.75 Å². The molecule has 8 nitrogen and oxygen atoms in total. The Morgan fingerprint density at radius 3 is 2.57 bits per heavy atom. The van der Waals surface area contributed by atoms with Gasteiger partial charge in [-0.2, -0.15) is 0 Å². The smallest absolute Gasteiger partial charge is 0.262 e. The Bertz CT molecular complexity index is 1630. The number of fused-ring (bicyclic) bond motifs is 1. The molecule has 0 atom stereocenters. The first kappa shape index (κ1) is 29.7. The van der Waals surface area contributed by atoms with Gasteiger partial charge in [0.25, 0.3) is 5.56 Å². The number of amides is 2. The average molecular weight is 605 g/mol. The van der Waals surface area contributed by atoms with E-state index < -0.39 is 0 Å². The van der Waals surface area contributed by atoms with Crippen molar-refractivity contribution in [3.05, 3.63) is 93.7 Å². The number of para-hydroxylation sites is 1. The summed E-state index contributed by atoms with van der Waals surface area (Å²) in [7, 11) is 1.57. The number of thioether (sulfide) groups is 1. The maximum atomic E-state index is 13.6. The molecule has 10 heteroatoms. The molecule has 0 spiro atoms. The number of anilines is 1. The summed E-state index contributed by atoms with van der Waals surface area (Å²) in [6.07, 6.45) is 3.15. The maximum Gasteiger partial charge on any atom is 0.262 e. The zero-order valence-corrected chi connectivity index (χ0v) is 24.9. The summed E-state index contributed by atoms with van der Waals surface area (Å²) in [6.45, 7) is 0.896. The zero-order chi connectivity index (χ0) is 29.5. The number of rotatable bonds is 10. The second-order valence-electron chi connectivity index (χ2n) is 10.4. The van der Waals surface area contributed by atoms with Crippen LogP contribution >= 0.6 is 23.4 Å². The van der Waals surface area contributed by atoms with E-state index in [9.17, 15) is 14.4 Å². The molecular formula is C32H33ClN4O4S. The molecule has 42 heavy (non-hydrogen) atoms. The average Bonchev–Trinajstić information content (AvgIpc) is 3.01. The number of hydrogen-bond acceptors (Lipinski definition) is 6. The number of nitrogens with zero attached hydrogens (tertiary/aromatic N) is 2. The number of methoxy groups -OCH3 is 1. The van der Waals surface area contributed by atoms with Crippen LogP contribution in [-0.4, -0.2) is 34.2 Å². The van der Waals surface area contributed by atoms with Gasteiger partial charge in [0.05, 0.1) is 23.8 Å². The van der Waals surface area contributed by atoms with E-state index in [-0.39, 0.29) is 35.0 Å². The van der Waals surface area contributed by atoms with Gasteiger partial charge in [0.2, 0.25) is 11.8 Å². The van der Waals surface area contributed by atoms with Crippen LogP contribution < -0.4 is 20.9 Å². The third kappa shape index (κ3) is 7.33. The van der Waals surface area contributed by atoms with E-state index in [0.717, 1.165) is 31.2 Å². The molecule has 1 saturated carbocycles. The van der Waals surface area contributed by atoms with Crippen molar-refractivity contribution < 1.29 is 14.3 Å². The first-order valence-corrected chi connectivity index (χ1v) is 15.3. The van der Waals surface area contributed by atoms with Crippen LogP contribution in [0.4, 0.5) is 5.69 Å². The van der Waals surface area contributed by atoms with Crippen molar-refractivity contribution >= 4 is 51.8 Å². The molecule has 0 unspecified atom stereocenters. The molecule has 2 amide bonds. The lowest BCUT2D eigenvalue weighted by molar-refractivity contribution is -0.126. The summed E-state index contributed by atoms with van der Waals surface area (Å²) in [4.78, 5) is 43.9. The normalized spacial score (nSPS) is 16.6. The molecule has 2 N–H and O–H groups in total. The van der Waals surface area contributed by atoms with E-state index in [2.05, 4.69) is 10.6 Å². The predicted octanol–water partition coefficient (Wildman–Crippen LogP) is 5.91. The minimum atomic E-state index is -0.203. The molecule has 4 aromatic rings. The van der Waals surface area contributed by atoms with Gasteiger partial charge < -0.3 is 15.4 Å². The Kier molecular flexibility index (Phi) is 9.81. The van der Waals surface area contributed by atoms with E-state index in [4.69, 9.17) is 21.3 Å². The van der Waals surface area contributed by atoms with Gasteiger partial charge in [-0.3, -0.25) is 19.0 Å². The van der Waals surface area contributed by atoms with Crippen LogP contribution in [0.3, 0.4) is 0 Å². The molecule has 1 aromatic heterocycles. The zero-order valence-electron chi connectivity index (χ0n) is 23.3. The van der Waals surface area contributed by atoms with Gasteiger partial charge in [-0.05, 0) is 67.5 Å². The summed E-state index contributed by atoms with van der Waals surface area (Å²) in [5.41, 5.74) is 2.02. The van der Waals surface area contributed by atoms with E-state index in [1.807, 2.05) is 48.5 Å². The van der Waals surface area contributed by atoms with Crippen molar-refractivity contribution in [2.75, 3.05) is 18.2 Å². The number of halogens is 1. The van der Waals surface area contributed by atoms with Crippen LogP contribution in [0.1, 0.15) is 31.2 Å². The van der Waals surface area contributed by atoms with Crippen molar-refractivity contribution in [1.29, 1.82) is 0 Å². The van der Waals surface area contributed by atoms with E-state index in [0.29, 0.717) is 45.6 Å². The molecule has 5 rings (SSSR count). The molecule has 3 aromatic carbocycles. The van der Waals surface area contributed by atoms with Crippen molar-refractivity contribution in [3.63, 3.8) is 0 Å². The lowest BCUT2D eigenvalue weighted by Gasteiger charge is -2.28. The van der Waals surface area contributed by atoms with Gasteiger partial charge in [-0.25, -0.2) is 4.98 Å². The fraction of sp³-hybridized carbons (Fsp3) is 0.312. The highest BCUT2D eigenvalue weighted by Gasteiger charge is 2.27. The van der Waals surface area contributed by atoms with Crippen LogP contribution in [0.15, 0.2) is 82.7 Å². The number of hydrogen-bond donors (Lipinski definition) is 2. The van der Waals surface area contributed by atoms with Crippen LogP contribution in [0, 0.1) is 11.8 Å². The SMILES string of the molecule is COc1cccc(NC(=O)CSc2nc3ccccc3c(=O)n2CC2CCC(C(=O)NCc3ccccc3Cl)CC2)c1. The monoisotopic (exact) mass is 604 g/mol. The fourth-order valence-electron chi connectivity index (χ4n) is 5.28. The Balaban J connectivity index is 1.23. The summed E-state index contributed by atoms with van der Waals surface area (Å²) in [5, 5.41) is 7.61. The molecule has 1 aliphatic carbocycles. The van der Waals surface area contributed by atoms with E-state index in [1.165, 1.54) is 11.8 Å². The summed E-state index contributed by atoms with van der Waals surface area (Å²) in [5.74, 6) is 0.743. The maximum absolute atomic E-state index is 13.6. The van der Waals surface area contributed by atoms with Gasteiger partial charge in [0.1, 0.15) is 5.75 Å². The number of nitrogens with one attached hydrogen (secondary N) is 2. The number of aromatic nitrogens is 2. The summed E-state index contributed by atoms with van der Waals surface area (Å²) in [6, 6.07) is 21.9. The molecule has 0 radical (unpaired) electrons. The summed E-state index contributed by atoms with van der Waals surface area (Å²) < 4.78 is 6.93. The van der Waals surface area contributed by atoms with Crippen LogP contribution in [-0.2, 0) is 22.7 Å². The lowest BCUT2D eigenvalue weighted by atomic mass is 9.81. The van der Waals surface area contributed by atoms with Gasteiger partial charge in [-0.1, -0.05) is 59.8 Å². The molecular weight excluding hydrogens is 572 g/mol. The third-order valence-corrected chi connectivity index (χ3v) is 8.93. The van der Waals surface area contributed by atoms with E-state index >= 15 is 0 Å². The summed E-state index contributed by atoms with van der Waals surface area (Å²) >= 11 is 7.47. The first-order valence-electron chi connectivity index (χ1n) is 14.0. The Labute approximate surface area is 253 Å². The minimum Gasteiger partial charge on any atom is -0.497 e. The minimum absolute atomic E-state index is 0.0381.